The predicted octanol–water partition coefficient (Wildman–Crippen LogP) is 3.69. The van der Waals surface area contributed by atoms with Gasteiger partial charge in [0.15, 0.2) is 6.10 Å². The molecule has 0 fully saturated rings. The second-order valence-electron chi connectivity index (χ2n) is 4.80. The van der Waals surface area contributed by atoms with E-state index in [1.54, 1.807) is 0 Å². The smallest absolute Gasteiger partial charge is 0.160 e. The van der Waals surface area contributed by atoms with Crippen molar-refractivity contribution in [3.63, 3.8) is 0 Å². The van der Waals surface area contributed by atoms with E-state index in [4.69, 9.17) is 17.0 Å². The van der Waals surface area contributed by atoms with Crippen LogP contribution < -0.4 is 4.74 Å². The fourth-order valence-electron chi connectivity index (χ4n) is 2.54. The van der Waals surface area contributed by atoms with Gasteiger partial charge < -0.3 is 9.72 Å². The molecular weight excluding hydrogens is 256 g/mol. The van der Waals surface area contributed by atoms with Crippen molar-refractivity contribution < 1.29 is 4.74 Å². The Labute approximate surface area is 117 Å². The maximum atomic E-state index is 5.94. The van der Waals surface area contributed by atoms with Gasteiger partial charge in [0.25, 0.3) is 0 Å². The fourth-order valence-corrected chi connectivity index (χ4v) is 2.93. The van der Waals surface area contributed by atoms with Crippen molar-refractivity contribution in [1.82, 2.24) is 9.97 Å². The Bertz CT molecular complexity index is 653. The van der Waals surface area contributed by atoms with Crippen LogP contribution in [0.4, 0.5) is 0 Å². The summed E-state index contributed by atoms with van der Waals surface area (Å²) in [7, 11) is 0. The second-order valence-corrected chi connectivity index (χ2v) is 5.19. The van der Waals surface area contributed by atoms with Crippen LogP contribution in [0.25, 0.3) is 0 Å². The molecule has 98 valence electrons. The van der Waals surface area contributed by atoms with Crippen LogP contribution in [0.1, 0.15) is 35.7 Å². The Morgan fingerprint density at radius 3 is 2.89 bits per heavy atom. The van der Waals surface area contributed by atoms with Crippen LogP contribution in [0.2, 0.25) is 0 Å². The number of nitrogens with one attached hydrogen (secondary N) is 1. The highest BCUT2D eigenvalue weighted by atomic mass is 32.1. The van der Waals surface area contributed by atoms with Crippen LogP contribution in [0.3, 0.4) is 0 Å². The molecule has 2 aromatic rings. The number of para-hydroxylation sites is 1. The molecule has 0 saturated heterocycles. The minimum absolute atomic E-state index is 0.0521. The standard InChI is InChI=1S/C15H16N2OS/c1-3-11-9(2)16-14(17-15(11)19)13-8-10-6-4-5-7-12(10)18-13/h4-7,13H,3,8H2,1-2H3,(H,16,17,19). The number of ether oxygens (including phenoxy) is 1. The fraction of sp³-hybridized carbons (Fsp3) is 0.333. The molecule has 1 atom stereocenters. The van der Waals surface area contributed by atoms with E-state index in [0.29, 0.717) is 4.64 Å². The molecule has 0 spiro atoms. The van der Waals surface area contributed by atoms with Crippen LogP contribution in [0.15, 0.2) is 24.3 Å². The summed E-state index contributed by atoms with van der Waals surface area (Å²) >= 11 is 5.36. The topological polar surface area (TPSA) is 37.9 Å². The Morgan fingerprint density at radius 2 is 2.21 bits per heavy atom. The summed E-state index contributed by atoms with van der Waals surface area (Å²) in [6, 6.07) is 8.11. The molecule has 1 unspecified atom stereocenters. The zero-order chi connectivity index (χ0) is 13.4. The highest BCUT2D eigenvalue weighted by Gasteiger charge is 2.26. The third kappa shape index (κ3) is 2.16. The van der Waals surface area contributed by atoms with E-state index >= 15 is 0 Å². The number of hydrogen-bond donors (Lipinski definition) is 1. The summed E-state index contributed by atoms with van der Waals surface area (Å²) in [6.07, 6.45) is 1.70. The Hall–Kier alpha value is -1.68. The van der Waals surface area contributed by atoms with E-state index < -0.39 is 0 Å². The molecule has 19 heavy (non-hydrogen) atoms. The molecule has 0 aliphatic carbocycles. The minimum atomic E-state index is -0.0521. The largest absolute Gasteiger partial charge is 0.482 e. The average molecular weight is 272 g/mol. The van der Waals surface area contributed by atoms with Crippen LogP contribution in [0, 0.1) is 11.6 Å². The number of benzene rings is 1. The molecule has 0 amide bonds. The summed E-state index contributed by atoms with van der Waals surface area (Å²) in [5, 5.41) is 0. The number of aryl methyl sites for hydroxylation is 1. The maximum absolute atomic E-state index is 5.94. The molecular formula is C15H16N2OS. The summed E-state index contributed by atoms with van der Waals surface area (Å²) in [5.41, 5.74) is 3.44. The van der Waals surface area contributed by atoms with Gasteiger partial charge in [0.2, 0.25) is 0 Å². The lowest BCUT2D eigenvalue weighted by Gasteiger charge is -2.13. The third-order valence-corrected chi connectivity index (χ3v) is 3.89. The Kier molecular flexibility index (Phi) is 3.11. The van der Waals surface area contributed by atoms with Crippen molar-refractivity contribution in [3.8, 4) is 5.75 Å². The summed E-state index contributed by atoms with van der Waals surface area (Å²) in [4.78, 5) is 7.85. The minimum Gasteiger partial charge on any atom is -0.482 e. The van der Waals surface area contributed by atoms with Gasteiger partial charge in [-0.1, -0.05) is 37.3 Å². The normalized spacial score (nSPS) is 17.1. The van der Waals surface area contributed by atoms with E-state index in [1.165, 1.54) is 5.56 Å². The van der Waals surface area contributed by atoms with Gasteiger partial charge in [-0.2, -0.15) is 0 Å². The van der Waals surface area contributed by atoms with Gasteiger partial charge in [-0.3, -0.25) is 0 Å². The summed E-state index contributed by atoms with van der Waals surface area (Å²) in [6.45, 7) is 4.14. The lowest BCUT2D eigenvalue weighted by molar-refractivity contribution is 0.227. The van der Waals surface area contributed by atoms with Crippen molar-refractivity contribution in [1.29, 1.82) is 0 Å². The van der Waals surface area contributed by atoms with Crippen molar-refractivity contribution >= 4 is 12.2 Å². The molecule has 0 radical (unpaired) electrons. The highest BCUT2D eigenvalue weighted by Crippen LogP contribution is 2.35. The van der Waals surface area contributed by atoms with Crippen molar-refractivity contribution in [2.24, 2.45) is 0 Å². The zero-order valence-corrected chi connectivity index (χ0v) is 11.9. The predicted molar refractivity (Wildman–Crippen MR) is 77.1 cm³/mol. The molecule has 1 N–H and O–H groups in total. The number of fused-ring (bicyclic) bond motifs is 1. The number of nitrogens with zero attached hydrogens (tertiary/aromatic N) is 1. The number of aromatic nitrogens is 2. The molecule has 1 aromatic carbocycles. The Balaban J connectivity index is 1.96. The molecule has 1 aromatic heterocycles. The molecule has 1 aliphatic rings. The van der Waals surface area contributed by atoms with Crippen molar-refractivity contribution in [2.45, 2.75) is 32.8 Å². The SMILES string of the molecule is CCc1c(C)[nH]c(C2Cc3ccccc3O2)nc1=S. The van der Waals surface area contributed by atoms with Gasteiger partial charge in [0, 0.05) is 17.7 Å². The van der Waals surface area contributed by atoms with E-state index in [1.807, 2.05) is 25.1 Å². The number of hydrogen-bond acceptors (Lipinski definition) is 3. The first-order chi connectivity index (χ1) is 9.19. The van der Waals surface area contributed by atoms with Crippen LogP contribution in [0.5, 0.6) is 5.75 Å². The molecule has 0 bridgehead atoms. The quantitative estimate of drug-likeness (QED) is 0.847. The molecule has 3 nitrogen and oxygen atoms in total. The highest BCUT2D eigenvalue weighted by molar-refractivity contribution is 7.71. The first-order valence-electron chi connectivity index (χ1n) is 6.53. The molecule has 1 aliphatic heterocycles. The Morgan fingerprint density at radius 1 is 1.42 bits per heavy atom. The van der Waals surface area contributed by atoms with E-state index in [2.05, 4.69) is 23.0 Å². The van der Waals surface area contributed by atoms with Gasteiger partial charge >= 0.3 is 0 Å². The van der Waals surface area contributed by atoms with E-state index in [-0.39, 0.29) is 6.10 Å². The van der Waals surface area contributed by atoms with Gasteiger partial charge in [-0.15, -0.1) is 0 Å². The van der Waals surface area contributed by atoms with Gasteiger partial charge in [-0.25, -0.2) is 4.98 Å². The van der Waals surface area contributed by atoms with Crippen LogP contribution in [-0.4, -0.2) is 9.97 Å². The number of aromatic amines is 1. The van der Waals surface area contributed by atoms with Crippen LogP contribution >= 0.6 is 12.2 Å². The average Bonchev–Trinajstić information content (AvgIpc) is 2.82. The van der Waals surface area contributed by atoms with Gasteiger partial charge in [0.05, 0.1) is 0 Å². The first-order valence-corrected chi connectivity index (χ1v) is 6.94. The molecule has 0 saturated carbocycles. The van der Waals surface area contributed by atoms with Crippen molar-refractivity contribution in [3.05, 3.63) is 51.6 Å². The summed E-state index contributed by atoms with van der Waals surface area (Å²) < 4.78 is 6.62. The van der Waals surface area contributed by atoms with Crippen molar-refractivity contribution in [2.75, 3.05) is 0 Å². The first kappa shape index (κ1) is 12.4. The number of H-pyrrole nitrogens is 1. The van der Waals surface area contributed by atoms with E-state index in [0.717, 1.165) is 35.7 Å². The lowest BCUT2D eigenvalue weighted by atomic mass is 10.1. The van der Waals surface area contributed by atoms with Gasteiger partial charge in [0.1, 0.15) is 16.2 Å². The van der Waals surface area contributed by atoms with Crippen LogP contribution in [-0.2, 0) is 12.8 Å². The zero-order valence-electron chi connectivity index (χ0n) is 11.1. The van der Waals surface area contributed by atoms with E-state index in [9.17, 15) is 0 Å². The van der Waals surface area contributed by atoms with Gasteiger partial charge in [-0.05, 0) is 25.0 Å². The third-order valence-electron chi connectivity index (χ3n) is 3.55. The molecule has 3 rings (SSSR count). The summed E-state index contributed by atoms with van der Waals surface area (Å²) in [5.74, 6) is 1.78. The second kappa shape index (κ2) is 4.78. The lowest BCUT2D eigenvalue weighted by Crippen LogP contribution is -2.11. The monoisotopic (exact) mass is 272 g/mol. The molecule has 2 heterocycles. The molecule has 4 heteroatoms. The maximum Gasteiger partial charge on any atom is 0.160 e. The number of rotatable bonds is 2.